The van der Waals surface area contributed by atoms with Crippen LogP contribution in [-0.2, 0) is 14.8 Å². The summed E-state index contributed by atoms with van der Waals surface area (Å²) < 4.78 is 32.6. The van der Waals surface area contributed by atoms with E-state index in [-0.39, 0.29) is 10.9 Å². The number of fused-ring (bicyclic) bond motifs is 1. The van der Waals surface area contributed by atoms with Crippen LogP contribution in [0.5, 0.6) is 0 Å². The molecule has 1 aromatic heterocycles. The van der Waals surface area contributed by atoms with E-state index < -0.39 is 10.0 Å². The zero-order chi connectivity index (χ0) is 14.6. The van der Waals surface area contributed by atoms with E-state index in [1.165, 1.54) is 7.11 Å². The summed E-state index contributed by atoms with van der Waals surface area (Å²) in [7, 11) is -2.09. The van der Waals surface area contributed by atoms with Crippen molar-refractivity contribution in [3.63, 3.8) is 0 Å². The third-order valence-electron chi connectivity index (χ3n) is 2.77. The van der Waals surface area contributed by atoms with E-state index >= 15 is 0 Å². The molecule has 0 amide bonds. The van der Waals surface area contributed by atoms with E-state index in [2.05, 4.69) is 25.6 Å². The van der Waals surface area contributed by atoms with Gasteiger partial charge in [0.2, 0.25) is 10.0 Å². The zero-order valence-electron chi connectivity index (χ0n) is 10.9. The summed E-state index contributed by atoms with van der Waals surface area (Å²) in [5, 5.41) is 1.08. The first-order valence-corrected chi connectivity index (χ1v) is 8.60. The standard InChI is InChI=1S/C13H15BrN2O3S/c1-19-9-10(8-14)16-20(17,18)13-6-2-5-12-11(13)4-3-7-15-12/h2-7,10,16H,8-9H2,1H3. The maximum atomic E-state index is 12.5. The van der Waals surface area contributed by atoms with Crippen molar-refractivity contribution >= 4 is 36.9 Å². The molecule has 0 bridgehead atoms. The minimum Gasteiger partial charge on any atom is -0.383 e. The van der Waals surface area contributed by atoms with Crippen molar-refractivity contribution in [2.24, 2.45) is 0 Å². The molecule has 0 saturated carbocycles. The molecule has 5 nitrogen and oxygen atoms in total. The highest BCUT2D eigenvalue weighted by molar-refractivity contribution is 9.09. The first kappa shape index (κ1) is 15.4. The van der Waals surface area contributed by atoms with Gasteiger partial charge in [-0.15, -0.1) is 0 Å². The number of aromatic nitrogens is 1. The van der Waals surface area contributed by atoms with Gasteiger partial charge in [-0.25, -0.2) is 13.1 Å². The van der Waals surface area contributed by atoms with Gasteiger partial charge in [0.05, 0.1) is 23.1 Å². The fourth-order valence-corrected chi connectivity index (χ4v) is 3.90. The van der Waals surface area contributed by atoms with Crippen LogP contribution >= 0.6 is 15.9 Å². The minimum atomic E-state index is -3.62. The zero-order valence-corrected chi connectivity index (χ0v) is 13.3. The van der Waals surface area contributed by atoms with Gasteiger partial charge in [-0.2, -0.15) is 0 Å². The van der Waals surface area contributed by atoms with Gasteiger partial charge < -0.3 is 4.74 Å². The van der Waals surface area contributed by atoms with Crippen LogP contribution in [0.15, 0.2) is 41.4 Å². The highest BCUT2D eigenvalue weighted by atomic mass is 79.9. The molecule has 0 saturated heterocycles. The van der Waals surface area contributed by atoms with Crippen molar-refractivity contribution in [1.29, 1.82) is 0 Å². The van der Waals surface area contributed by atoms with E-state index in [4.69, 9.17) is 4.74 Å². The highest BCUT2D eigenvalue weighted by Crippen LogP contribution is 2.21. The second kappa shape index (κ2) is 6.62. The fraction of sp³-hybridized carbons (Fsp3) is 0.308. The predicted octanol–water partition coefficient (Wildman–Crippen LogP) is 1.92. The molecule has 20 heavy (non-hydrogen) atoms. The molecule has 0 aliphatic carbocycles. The number of rotatable bonds is 6. The third-order valence-corrected chi connectivity index (χ3v) is 5.13. The smallest absolute Gasteiger partial charge is 0.241 e. The monoisotopic (exact) mass is 358 g/mol. The molecule has 1 unspecified atom stereocenters. The van der Waals surface area contributed by atoms with Crippen LogP contribution < -0.4 is 4.72 Å². The summed E-state index contributed by atoms with van der Waals surface area (Å²) in [6, 6.07) is 8.19. The molecular formula is C13H15BrN2O3S. The van der Waals surface area contributed by atoms with Crippen LogP contribution in [0.4, 0.5) is 0 Å². The Morgan fingerprint density at radius 2 is 2.15 bits per heavy atom. The number of methoxy groups -OCH3 is 1. The van der Waals surface area contributed by atoms with Crippen molar-refractivity contribution in [1.82, 2.24) is 9.71 Å². The minimum absolute atomic E-state index is 0.227. The molecule has 1 atom stereocenters. The van der Waals surface area contributed by atoms with E-state index in [1.54, 1.807) is 36.5 Å². The van der Waals surface area contributed by atoms with Crippen molar-refractivity contribution in [2.75, 3.05) is 19.0 Å². The van der Waals surface area contributed by atoms with Crippen LogP contribution in [0.1, 0.15) is 0 Å². The van der Waals surface area contributed by atoms with Crippen molar-refractivity contribution in [3.8, 4) is 0 Å². The number of nitrogens with one attached hydrogen (secondary N) is 1. The topological polar surface area (TPSA) is 68.3 Å². The van der Waals surface area contributed by atoms with E-state index in [1.807, 2.05) is 0 Å². The van der Waals surface area contributed by atoms with Gasteiger partial charge in [0.25, 0.3) is 0 Å². The molecular weight excluding hydrogens is 344 g/mol. The van der Waals surface area contributed by atoms with Gasteiger partial charge in [0.1, 0.15) is 0 Å². The van der Waals surface area contributed by atoms with Crippen LogP contribution in [0.2, 0.25) is 0 Å². The number of benzene rings is 1. The van der Waals surface area contributed by atoms with Gasteiger partial charge in [-0.05, 0) is 24.3 Å². The average molecular weight is 359 g/mol. The number of pyridine rings is 1. The van der Waals surface area contributed by atoms with E-state index in [0.717, 1.165) is 0 Å². The Hall–Kier alpha value is -1.02. The lowest BCUT2D eigenvalue weighted by molar-refractivity contribution is 0.182. The highest BCUT2D eigenvalue weighted by Gasteiger charge is 2.21. The number of hydrogen-bond donors (Lipinski definition) is 1. The number of ether oxygens (including phenoxy) is 1. The van der Waals surface area contributed by atoms with Gasteiger partial charge in [0, 0.05) is 24.0 Å². The Morgan fingerprint density at radius 3 is 2.85 bits per heavy atom. The molecule has 7 heteroatoms. The Morgan fingerprint density at radius 1 is 1.35 bits per heavy atom. The fourth-order valence-electron chi connectivity index (χ4n) is 1.90. The Balaban J connectivity index is 2.41. The molecule has 2 rings (SSSR count). The molecule has 0 radical (unpaired) electrons. The molecule has 2 aromatic rings. The molecule has 108 valence electrons. The van der Waals surface area contributed by atoms with Gasteiger partial charge in [-0.3, -0.25) is 4.98 Å². The number of nitrogens with zero attached hydrogens (tertiary/aromatic N) is 1. The van der Waals surface area contributed by atoms with Crippen molar-refractivity contribution in [3.05, 3.63) is 36.5 Å². The summed E-state index contributed by atoms with van der Waals surface area (Å²) in [5.74, 6) is 0. The molecule has 1 aromatic carbocycles. The molecule has 0 fully saturated rings. The maximum Gasteiger partial charge on any atom is 0.241 e. The molecule has 0 spiro atoms. The lowest BCUT2D eigenvalue weighted by Gasteiger charge is -2.16. The van der Waals surface area contributed by atoms with Crippen LogP contribution in [0.3, 0.4) is 0 Å². The largest absolute Gasteiger partial charge is 0.383 e. The molecule has 0 aliphatic rings. The van der Waals surface area contributed by atoms with Crippen LogP contribution in [-0.4, -0.2) is 38.5 Å². The van der Waals surface area contributed by atoms with Crippen molar-refractivity contribution in [2.45, 2.75) is 10.9 Å². The lowest BCUT2D eigenvalue weighted by Crippen LogP contribution is -2.39. The molecule has 0 aliphatic heterocycles. The summed E-state index contributed by atoms with van der Waals surface area (Å²) in [5.41, 5.74) is 0.650. The van der Waals surface area contributed by atoms with Crippen molar-refractivity contribution < 1.29 is 13.2 Å². The van der Waals surface area contributed by atoms with Gasteiger partial charge >= 0.3 is 0 Å². The number of halogens is 1. The molecule has 1 heterocycles. The first-order valence-electron chi connectivity index (χ1n) is 5.99. The third kappa shape index (κ3) is 3.35. The maximum absolute atomic E-state index is 12.5. The second-order valence-corrected chi connectivity index (χ2v) is 6.58. The Labute approximate surface area is 126 Å². The normalized spacial score (nSPS) is 13.5. The summed E-state index contributed by atoms with van der Waals surface area (Å²) in [4.78, 5) is 4.39. The lowest BCUT2D eigenvalue weighted by atomic mass is 10.2. The quantitative estimate of drug-likeness (QED) is 0.801. The summed E-state index contributed by atoms with van der Waals surface area (Å²) in [6.07, 6.45) is 1.64. The SMILES string of the molecule is COCC(CBr)NS(=O)(=O)c1cccc2ncccc12. The summed E-state index contributed by atoms with van der Waals surface area (Å²) in [6.45, 7) is 0.299. The average Bonchev–Trinajstić information content (AvgIpc) is 2.46. The van der Waals surface area contributed by atoms with Gasteiger partial charge in [-0.1, -0.05) is 22.0 Å². The summed E-state index contributed by atoms with van der Waals surface area (Å²) >= 11 is 3.27. The van der Waals surface area contributed by atoms with Gasteiger partial charge in [0.15, 0.2) is 0 Å². The Kier molecular flexibility index (Phi) is 5.09. The first-order chi connectivity index (χ1) is 9.58. The number of alkyl halides is 1. The second-order valence-electron chi connectivity index (χ2n) is 4.25. The predicted molar refractivity (Wildman–Crippen MR) is 81.5 cm³/mol. The number of sulfonamides is 1. The molecule has 1 N–H and O–H groups in total. The van der Waals surface area contributed by atoms with E-state index in [9.17, 15) is 8.42 Å². The number of hydrogen-bond acceptors (Lipinski definition) is 4. The van der Waals surface area contributed by atoms with Crippen LogP contribution in [0.25, 0.3) is 10.9 Å². The Bertz CT molecular complexity index is 686. The van der Waals surface area contributed by atoms with E-state index in [0.29, 0.717) is 22.8 Å². The van der Waals surface area contributed by atoms with Crippen LogP contribution in [0, 0.1) is 0 Å².